The number of aldehydes is 1. The lowest BCUT2D eigenvalue weighted by Crippen LogP contribution is -2.15. The van der Waals surface area contributed by atoms with Crippen LogP contribution < -0.4 is 0 Å². The van der Waals surface area contributed by atoms with E-state index in [1.807, 2.05) is 45.0 Å². The molecule has 0 atom stereocenters. The average Bonchev–Trinajstić information content (AvgIpc) is 2.66. The van der Waals surface area contributed by atoms with Gasteiger partial charge in [-0.1, -0.05) is 56.1 Å². The van der Waals surface area contributed by atoms with Crippen molar-refractivity contribution in [2.24, 2.45) is 0 Å². The molecule has 0 aliphatic heterocycles. The fourth-order valence-corrected chi connectivity index (χ4v) is 2.47. The lowest BCUT2D eigenvalue weighted by molar-refractivity contribution is 0.112. The highest BCUT2D eigenvalue weighted by molar-refractivity contribution is 6.32. The molecule has 1 heterocycles. The smallest absolute Gasteiger partial charge is 0.155 e. The lowest BCUT2D eigenvalue weighted by Gasteiger charge is -2.15. The topological polar surface area (TPSA) is 34.9 Å². The van der Waals surface area contributed by atoms with Gasteiger partial charge in [-0.25, -0.2) is 4.68 Å². The summed E-state index contributed by atoms with van der Waals surface area (Å²) in [7, 11) is 0. The van der Waals surface area contributed by atoms with E-state index in [4.69, 9.17) is 23.2 Å². The molecule has 0 unspecified atom stereocenters. The molecule has 0 fully saturated rings. The van der Waals surface area contributed by atoms with E-state index in [1.165, 1.54) is 0 Å². The molecular formula is C15H16Cl2N2O. The Morgan fingerprint density at radius 3 is 2.50 bits per heavy atom. The second-order valence-electron chi connectivity index (χ2n) is 5.71. The highest BCUT2D eigenvalue weighted by Gasteiger charge is 2.25. The Kier molecular flexibility index (Phi) is 4.21. The van der Waals surface area contributed by atoms with Gasteiger partial charge in [-0.05, 0) is 17.7 Å². The Hall–Kier alpha value is -1.32. The SMILES string of the molecule is CC(C)(C)c1nn(Cc2cccc(Cl)c2)c(Cl)c1C=O. The van der Waals surface area contributed by atoms with E-state index in [-0.39, 0.29) is 5.41 Å². The minimum absolute atomic E-state index is 0.237. The van der Waals surface area contributed by atoms with Gasteiger partial charge >= 0.3 is 0 Å². The van der Waals surface area contributed by atoms with E-state index in [1.54, 1.807) is 4.68 Å². The Bertz CT molecular complexity index is 642. The van der Waals surface area contributed by atoms with Crippen LogP contribution in [0.25, 0.3) is 0 Å². The van der Waals surface area contributed by atoms with Crippen LogP contribution in [-0.4, -0.2) is 16.1 Å². The van der Waals surface area contributed by atoms with Gasteiger partial charge in [0.05, 0.1) is 17.8 Å². The molecule has 1 aromatic carbocycles. The fraction of sp³-hybridized carbons (Fsp3) is 0.333. The van der Waals surface area contributed by atoms with E-state index in [0.29, 0.717) is 28.0 Å². The zero-order chi connectivity index (χ0) is 14.9. The molecule has 2 rings (SSSR count). The van der Waals surface area contributed by atoms with Crippen LogP contribution in [0, 0.1) is 0 Å². The molecule has 20 heavy (non-hydrogen) atoms. The summed E-state index contributed by atoms with van der Waals surface area (Å²) in [5.74, 6) is 0. The summed E-state index contributed by atoms with van der Waals surface area (Å²) in [6.45, 7) is 6.49. The normalized spacial score (nSPS) is 11.7. The molecule has 2 aromatic rings. The van der Waals surface area contributed by atoms with E-state index >= 15 is 0 Å². The van der Waals surface area contributed by atoms with Crippen molar-refractivity contribution in [1.29, 1.82) is 0 Å². The van der Waals surface area contributed by atoms with Gasteiger partial charge in [-0.3, -0.25) is 4.79 Å². The van der Waals surface area contributed by atoms with Crippen LogP contribution in [-0.2, 0) is 12.0 Å². The minimum Gasteiger partial charge on any atom is -0.298 e. The number of halogens is 2. The van der Waals surface area contributed by atoms with Gasteiger partial charge in [0.1, 0.15) is 5.15 Å². The summed E-state index contributed by atoms with van der Waals surface area (Å²) in [6, 6.07) is 7.49. The molecule has 0 saturated carbocycles. The first-order chi connectivity index (χ1) is 9.32. The summed E-state index contributed by atoms with van der Waals surface area (Å²) >= 11 is 12.2. The van der Waals surface area contributed by atoms with Gasteiger partial charge in [-0.2, -0.15) is 5.10 Å². The summed E-state index contributed by atoms with van der Waals surface area (Å²) in [5, 5.41) is 5.52. The molecule has 106 valence electrons. The Balaban J connectivity index is 2.43. The second kappa shape index (κ2) is 5.58. The third-order valence-electron chi connectivity index (χ3n) is 2.97. The number of carbonyl (C=O) groups is 1. The van der Waals surface area contributed by atoms with Crippen molar-refractivity contribution in [2.45, 2.75) is 32.7 Å². The van der Waals surface area contributed by atoms with Gasteiger partial charge in [0.25, 0.3) is 0 Å². The van der Waals surface area contributed by atoms with Crippen molar-refractivity contribution >= 4 is 29.5 Å². The van der Waals surface area contributed by atoms with Crippen LogP contribution in [0.15, 0.2) is 24.3 Å². The number of rotatable bonds is 3. The number of hydrogen-bond donors (Lipinski definition) is 0. The first kappa shape index (κ1) is 15.1. The van der Waals surface area contributed by atoms with Crippen molar-refractivity contribution in [3.8, 4) is 0 Å². The minimum atomic E-state index is -0.237. The largest absolute Gasteiger partial charge is 0.298 e. The van der Waals surface area contributed by atoms with Crippen LogP contribution in [0.1, 0.15) is 42.4 Å². The predicted octanol–water partition coefficient (Wildman–Crippen LogP) is 4.35. The number of aromatic nitrogens is 2. The van der Waals surface area contributed by atoms with Crippen LogP contribution in [0.3, 0.4) is 0 Å². The number of benzene rings is 1. The third-order valence-corrected chi connectivity index (χ3v) is 3.61. The molecular weight excluding hydrogens is 295 g/mol. The van der Waals surface area contributed by atoms with Crippen molar-refractivity contribution in [2.75, 3.05) is 0 Å². The lowest BCUT2D eigenvalue weighted by atomic mass is 9.90. The maximum atomic E-state index is 11.3. The van der Waals surface area contributed by atoms with Crippen molar-refractivity contribution < 1.29 is 4.79 Å². The Morgan fingerprint density at radius 2 is 2.00 bits per heavy atom. The molecule has 0 bridgehead atoms. The molecule has 0 radical (unpaired) electrons. The van der Waals surface area contributed by atoms with Crippen molar-refractivity contribution in [1.82, 2.24) is 9.78 Å². The van der Waals surface area contributed by atoms with E-state index in [2.05, 4.69) is 5.10 Å². The summed E-state index contributed by atoms with van der Waals surface area (Å²) < 4.78 is 1.64. The molecule has 0 spiro atoms. The summed E-state index contributed by atoms with van der Waals surface area (Å²) in [4.78, 5) is 11.3. The molecule has 3 nitrogen and oxygen atoms in total. The van der Waals surface area contributed by atoms with E-state index < -0.39 is 0 Å². The van der Waals surface area contributed by atoms with Crippen molar-refractivity contribution in [3.63, 3.8) is 0 Å². The van der Waals surface area contributed by atoms with Crippen LogP contribution in [0.5, 0.6) is 0 Å². The molecule has 5 heteroatoms. The van der Waals surface area contributed by atoms with E-state index in [9.17, 15) is 4.79 Å². The van der Waals surface area contributed by atoms with Gasteiger partial charge in [0, 0.05) is 10.4 Å². The number of hydrogen-bond acceptors (Lipinski definition) is 2. The van der Waals surface area contributed by atoms with Gasteiger partial charge in [0.2, 0.25) is 0 Å². The van der Waals surface area contributed by atoms with Crippen LogP contribution in [0.4, 0.5) is 0 Å². The van der Waals surface area contributed by atoms with Crippen LogP contribution >= 0.6 is 23.2 Å². The summed E-state index contributed by atoms with van der Waals surface area (Å²) in [6.07, 6.45) is 0.768. The molecule has 0 aliphatic carbocycles. The predicted molar refractivity (Wildman–Crippen MR) is 81.9 cm³/mol. The Morgan fingerprint density at radius 1 is 1.30 bits per heavy atom. The second-order valence-corrected chi connectivity index (χ2v) is 6.50. The van der Waals surface area contributed by atoms with Crippen LogP contribution in [0.2, 0.25) is 10.2 Å². The zero-order valence-electron chi connectivity index (χ0n) is 11.7. The highest BCUT2D eigenvalue weighted by Crippen LogP contribution is 2.29. The quantitative estimate of drug-likeness (QED) is 0.790. The zero-order valence-corrected chi connectivity index (χ0v) is 13.2. The standard InChI is InChI=1S/C15H16Cl2N2O/c1-15(2,3)13-12(9-20)14(17)19(18-13)8-10-5-4-6-11(16)7-10/h4-7,9H,8H2,1-3H3. The molecule has 1 aromatic heterocycles. The van der Waals surface area contributed by atoms with Gasteiger partial charge < -0.3 is 0 Å². The number of carbonyl (C=O) groups excluding carboxylic acids is 1. The van der Waals surface area contributed by atoms with Gasteiger partial charge in [0.15, 0.2) is 6.29 Å². The Labute approximate surface area is 128 Å². The molecule has 0 saturated heterocycles. The average molecular weight is 311 g/mol. The third kappa shape index (κ3) is 3.05. The van der Waals surface area contributed by atoms with Crippen molar-refractivity contribution in [3.05, 3.63) is 51.3 Å². The first-order valence-electron chi connectivity index (χ1n) is 6.29. The van der Waals surface area contributed by atoms with E-state index in [0.717, 1.165) is 11.8 Å². The molecule has 0 N–H and O–H groups in total. The maximum Gasteiger partial charge on any atom is 0.155 e. The highest BCUT2D eigenvalue weighted by atomic mass is 35.5. The molecule has 0 aliphatic rings. The van der Waals surface area contributed by atoms with Gasteiger partial charge in [-0.15, -0.1) is 0 Å². The monoisotopic (exact) mass is 310 g/mol. The summed E-state index contributed by atoms with van der Waals surface area (Å²) in [5.41, 5.74) is 1.92. The maximum absolute atomic E-state index is 11.3. The fourth-order valence-electron chi connectivity index (χ4n) is 2.03. The first-order valence-corrected chi connectivity index (χ1v) is 7.05. The molecule has 0 amide bonds. The number of nitrogens with zero attached hydrogens (tertiary/aromatic N) is 2.